The summed E-state index contributed by atoms with van der Waals surface area (Å²) in [7, 11) is 0. The standard InChI is InChI=1S/C13H8N2/c14-8-9-4-3-7-12-13(9)10-5-1-2-6-11(10)15-12/h1-6H,7H2. The Labute approximate surface area is 87.9 Å². The van der Waals surface area contributed by atoms with Crippen LogP contribution in [0.15, 0.2) is 47.0 Å². The molecule has 1 aromatic carbocycles. The number of hydrogen-bond donors (Lipinski definition) is 0. The van der Waals surface area contributed by atoms with Gasteiger partial charge in [-0.25, -0.2) is 0 Å². The maximum Gasteiger partial charge on any atom is 0.0998 e. The predicted molar refractivity (Wildman–Crippen MR) is 59.8 cm³/mol. The molecule has 1 aliphatic carbocycles. The molecule has 0 atom stereocenters. The van der Waals surface area contributed by atoms with E-state index in [4.69, 9.17) is 5.26 Å². The highest BCUT2D eigenvalue weighted by Gasteiger charge is 2.24. The number of fused-ring (bicyclic) bond motifs is 3. The van der Waals surface area contributed by atoms with E-state index in [1.54, 1.807) is 0 Å². The highest BCUT2D eigenvalue weighted by atomic mass is 14.8. The molecule has 0 spiro atoms. The van der Waals surface area contributed by atoms with Crippen molar-refractivity contribution in [1.82, 2.24) is 0 Å². The van der Waals surface area contributed by atoms with Crippen molar-refractivity contribution in [2.24, 2.45) is 4.99 Å². The number of allylic oxidation sites excluding steroid dienone is 4. The van der Waals surface area contributed by atoms with Gasteiger partial charge >= 0.3 is 0 Å². The Morgan fingerprint density at radius 2 is 2.13 bits per heavy atom. The van der Waals surface area contributed by atoms with Crippen LogP contribution in [0.2, 0.25) is 0 Å². The fourth-order valence-electron chi connectivity index (χ4n) is 2.05. The highest BCUT2D eigenvalue weighted by Crippen LogP contribution is 2.39. The van der Waals surface area contributed by atoms with Gasteiger partial charge < -0.3 is 0 Å². The smallest absolute Gasteiger partial charge is 0.0998 e. The summed E-state index contributed by atoms with van der Waals surface area (Å²) >= 11 is 0. The minimum absolute atomic E-state index is 0.727. The summed E-state index contributed by atoms with van der Waals surface area (Å²) in [5, 5.41) is 9.05. The second-order valence-electron chi connectivity index (χ2n) is 3.58. The first-order chi connectivity index (χ1) is 7.40. The molecule has 3 rings (SSSR count). The molecule has 15 heavy (non-hydrogen) atoms. The number of nitrogens with zero attached hydrogens (tertiary/aromatic N) is 2. The van der Waals surface area contributed by atoms with Gasteiger partial charge in [-0.2, -0.15) is 5.26 Å². The molecule has 0 unspecified atom stereocenters. The van der Waals surface area contributed by atoms with Crippen molar-refractivity contribution in [2.45, 2.75) is 6.42 Å². The summed E-state index contributed by atoms with van der Waals surface area (Å²) < 4.78 is 0. The first-order valence-electron chi connectivity index (χ1n) is 4.88. The molecule has 1 aromatic rings. The van der Waals surface area contributed by atoms with E-state index >= 15 is 0 Å². The molecule has 0 saturated heterocycles. The zero-order valence-corrected chi connectivity index (χ0v) is 8.07. The Balaban J connectivity index is 2.33. The molecule has 2 nitrogen and oxygen atoms in total. The van der Waals surface area contributed by atoms with E-state index in [1.807, 2.05) is 36.4 Å². The predicted octanol–water partition coefficient (Wildman–Crippen LogP) is 3.01. The molecule has 1 heterocycles. The Kier molecular flexibility index (Phi) is 1.60. The molecular weight excluding hydrogens is 184 g/mol. The third-order valence-corrected chi connectivity index (χ3v) is 2.70. The van der Waals surface area contributed by atoms with Crippen molar-refractivity contribution >= 4 is 17.0 Å². The van der Waals surface area contributed by atoms with Crippen LogP contribution in [-0.4, -0.2) is 5.71 Å². The van der Waals surface area contributed by atoms with Gasteiger partial charge in [0.2, 0.25) is 0 Å². The minimum Gasteiger partial charge on any atom is -0.252 e. The van der Waals surface area contributed by atoms with Crippen molar-refractivity contribution in [1.29, 1.82) is 5.26 Å². The van der Waals surface area contributed by atoms with Gasteiger partial charge in [-0.15, -0.1) is 0 Å². The summed E-state index contributed by atoms with van der Waals surface area (Å²) in [5.41, 5.74) is 4.85. The van der Waals surface area contributed by atoms with Crippen molar-refractivity contribution in [3.05, 3.63) is 47.6 Å². The average molecular weight is 192 g/mol. The number of benzene rings is 1. The van der Waals surface area contributed by atoms with Crippen LogP contribution in [0.5, 0.6) is 0 Å². The van der Waals surface area contributed by atoms with Crippen LogP contribution >= 0.6 is 0 Å². The lowest BCUT2D eigenvalue weighted by molar-refractivity contribution is 1.41. The van der Waals surface area contributed by atoms with E-state index in [1.165, 1.54) is 0 Å². The van der Waals surface area contributed by atoms with E-state index in [9.17, 15) is 0 Å². The van der Waals surface area contributed by atoms with Gasteiger partial charge in [0.05, 0.1) is 23.0 Å². The van der Waals surface area contributed by atoms with Gasteiger partial charge in [-0.3, -0.25) is 4.99 Å². The van der Waals surface area contributed by atoms with Crippen molar-refractivity contribution in [3.63, 3.8) is 0 Å². The zero-order valence-electron chi connectivity index (χ0n) is 8.07. The van der Waals surface area contributed by atoms with E-state index in [0.717, 1.165) is 34.5 Å². The monoisotopic (exact) mass is 192 g/mol. The lowest BCUT2D eigenvalue weighted by Gasteiger charge is -2.08. The van der Waals surface area contributed by atoms with E-state index in [-0.39, 0.29) is 0 Å². The van der Waals surface area contributed by atoms with E-state index in [0.29, 0.717) is 0 Å². The Morgan fingerprint density at radius 3 is 3.00 bits per heavy atom. The quantitative estimate of drug-likeness (QED) is 0.622. The zero-order chi connectivity index (χ0) is 10.3. The summed E-state index contributed by atoms with van der Waals surface area (Å²) in [6.45, 7) is 0. The van der Waals surface area contributed by atoms with E-state index in [2.05, 4.69) is 11.1 Å². The van der Waals surface area contributed by atoms with Crippen LogP contribution in [-0.2, 0) is 0 Å². The van der Waals surface area contributed by atoms with Crippen LogP contribution in [0.1, 0.15) is 12.0 Å². The van der Waals surface area contributed by atoms with Gasteiger partial charge in [0.25, 0.3) is 0 Å². The Bertz CT molecular complexity index is 568. The molecule has 2 heteroatoms. The summed E-state index contributed by atoms with van der Waals surface area (Å²) in [5.74, 6) is 0. The SMILES string of the molecule is N#CC1=C2C(=Nc3ccccc32)CC=C1. The fraction of sp³-hybridized carbons (Fsp3) is 0.0769. The largest absolute Gasteiger partial charge is 0.252 e. The molecule has 0 radical (unpaired) electrons. The highest BCUT2D eigenvalue weighted by molar-refractivity contribution is 6.31. The molecule has 0 bridgehead atoms. The van der Waals surface area contributed by atoms with Gasteiger partial charge in [0, 0.05) is 17.6 Å². The third-order valence-electron chi connectivity index (χ3n) is 2.70. The van der Waals surface area contributed by atoms with Gasteiger partial charge in [-0.05, 0) is 12.1 Å². The molecule has 0 fully saturated rings. The first-order valence-corrected chi connectivity index (χ1v) is 4.88. The Hall–Kier alpha value is -2.14. The molecule has 0 N–H and O–H groups in total. The lowest BCUT2D eigenvalue weighted by Crippen LogP contribution is -2.02. The first kappa shape index (κ1) is 8.19. The summed E-state index contributed by atoms with van der Waals surface area (Å²) in [6.07, 6.45) is 4.71. The molecular formula is C13H8N2. The van der Waals surface area contributed by atoms with Crippen molar-refractivity contribution < 1.29 is 0 Å². The molecule has 1 aliphatic heterocycles. The third kappa shape index (κ3) is 1.07. The molecule has 2 aliphatic rings. The van der Waals surface area contributed by atoms with Crippen LogP contribution < -0.4 is 0 Å². The lowest BCUT2D eigenvalue weighted by atomic mass is 9.92. The molecule has 70 valence electrons. The second-order valence-corrected chi connectivity index (χ2v) is 3.58. The van der Waals surface area contributed by atoms with Crippen LogP contribution in [0.3, 0.4) is 0 Å². The molecule has 0 saturated carbocycles. The summed E-state index contributed by atoms with van der Waals surface area (Å²) in [4.78, 5) is 4.53. The summed E-state index contributed by atoms with van der Waals surface area (Å²) in [6, 6.07) is 10.2. The fourth-order valence-corrected chi connectivity index (χ4v) is 2.05. The van der Waals surface area contributed by atoms with Gasteiger partial charge in [-0.1, -0.05) is 24.3 Å². The normalized spacial score (nSPS) is 16.9. The van der Waals surface area contributed by atoms with E-state index < -0.39 is 0 Å². The average Bonchev–Trinajstić information content (AvgIpc) is 2.67. The molecule has 0 aromatic heterocycles. The van der Waals surface area contributed by atoms with Gasteiger partial charge in [0.1, 0.15) is 0 Å². The number of hydrogen-bond acceptors (Lipinski definition) is 2. The van der Waals surface area contributed by atoms with Gasteiger partial charge in [0.15, 0.2) is 0 Å². The van der Waals surface area contributed by atoms with Crippen LogP contribution in [0, 0.1) is 11.3 Å². The van der Waals surface area contributed by atoms with Crippen molar-refractivity contribution in [3.8, 4) is 6.07 Å². The number of nitriles is 1. The second kappa shape index (κ2) is 2.93. The maximum atomic E-state index is 9.05. The van der Waals surface area contributed by atoms with Crippen molar-refractivity contribution in [2.75, 3.05) is 0 Å². The van der Waals surface area contributed by atoms with Crippen LogP contribution in [0.4, 0.5) is 5.69 Å². The Morgan fingerprint density at radius 1 is 1.27 bits per heavy atom. The van der Waals surface area contributed by atoms with Crippen LogP contribution in [0.25, 0.3) is 5.57 Å². The number of rotatable bonds is 0. The molecule has 0 amide bonds. The minimum atomic E-state index is 0.727. The number of aliphatic imine (C=N–C) groups is 1. The topological polar surface area (TPSA) is 36.1 Å². The maximum absolute atomic E-state index is 9.05. The number of para-hydroxylation sites is 1.